The Kier molecular flexibility index (Phi) is 7.60. The predicted molar refractivity (Wildman–Crippen MR) is 133 cm³/mol. The third kappa shape index (κ3) is 5.81. The molecule has 1 heterocycles. The second-order valence-corrected chi connectivity index (χ2v) is 10.3. The van der Waals surface area contributed by atoms with Crippen LogP contribution in [0.15, 0.2) is 77.7 Å². The molecule has 1 atom stereocenters. The van der Waals surface area contributed by atoms with Crippen LogP contribution in [0, 0.1) is 0 Å². The Labute approximate surface area is 218 Å². The predicted octanol–water partition coefficient (Wildman–Crippen LogP) is 3.31. The SMILES string of the molecule is CN(O)C(CCN1C(=O)c2ccccc2C1=O)C(=O)NS(=O)(=O)c1ccc(Oc2cccc(Cl)c2)cc1. The number of hydrogen-bond donors (Lipinski definition) is 2. The molecule has 192 valence electrons. The number of likely N-dealkylation sites (N-methyl/N-ethyl adjacent to an activating group) is 1. The number of imide groups is 1. The van der Waals surface area contributed by atoms with Crippen LogP contribution < -0.4 is 9.46 Å². The smallest absolute Gasteiger partial charge is 0.264 e. The van der Waals surface area contributed by atoms with Crippen molar-refractivity contribution < 1.29 is 32.7 Å². The third-order valence-electron chi connectivity index (χ3n) is 5.66. The highest BCUT2D eigenvalue weighted by molar-refractivity contribution is 7.90. The highest BCUT2D eigenvalue weighted by atomic mass is 35.5. The number of nitrogens with zero attached hydrogens (tertiary/aromatic N) is 2. The molecule has 2 N–H and O–H groups in total. The number of hydrogen-bond acceptors (Lipinski definition) is 8. The van der Waals surface area contributed by atoms with Crippen molar-refractivity contribution in [2.24, 2.45) is 0 Å². The fourth-order valence-electron chi connectivity index (χ4n) is 3.79. The van der Waals surface area contributed by atoms with Crippen LogP contribution in [0.4, 0.5) is 0 Å². The van der Waals surface area contributed by atoms with Gasteiger partial charge in [-0.25, -0.2) is 13.1 Å². The number of carbonyl (C=O) groups excluding carboxylic acids is 3. The number of sulfonamides is 1. The van der Waals surface area contributed by atoms with E-state index >= 15 is 0 Å². The normalized spacial score (nSPS) is 14.0. The van der Waals surface area contributed by atoms with Crippen molar-refractivity contribution >= 4 is 39.3 Å². The number of rotatable bonds is 9. The van der Waals surface area contributed by atoms with Gasteiger partial charge in [-0.1, -0.05) is 29.8 Å². The van der Waals surface area contributed by atoms with Crippen LogP contribution in [0.5, 0.6) is 11.5 Å². The third-order valence-corrected chi connectivity index (χ3v) is 7.26. The minimum atomic E-state index is -4.30. The molecule has 0 radical (unpaired) electrons. The van der Waals surface area contributed by atoms with E-state index in [0.717, 1.165) is 4.90 Å². The molecule has 0 fully saturated rings. The van der Waals surface area contributed by atoms with Crippen LogP contribution in [0.1, 0.15) is 27.1 Å². The van der Waals surface area contributed by atoms with Gasteiger partial charge in [0.2, 0.25) is 0 Å². The fraction of sp³-hybridized carbons (Fsp3) is 0.160. The summed E-state index contributed by atoms with van der Waals surface area (Å²) < 4.78 is 33.1. The van der Waals surface area contributed by atoms with Crippen molar-refractivity contribution in [3.63, 3.8) is 0 Å². The molecule has 3 aromatic carbocycles. The molecule has 10 nitrogen and oxygen atoms in total. The minimum absolute atomic E-state index is 0.202. The van der Waals surface area contributed by atoms with E-state index in [1.807, 2.05) is 4.72 Å². The lowest BCUT2D eigenvalue weighted by molar-refractivity contribution is -0.146. The van der Waals surface area contributed by atoms with Gasteiger partial charge in [-0.15, -0.1) is 0 Å². The van der Waals surface area contributed by atoms with Gasteiger partial charge >= 0.3 is 0 Å². The summed E-state index contributed by atoms with van der Waals surface area (Å²) in [6, 6.07) is 17.0. The number of fused-ring (bicyclic) bond motifs is 1. The highest BCUT2D eigenvalue weighted by Crippen LogP contribution is 2.26. The Bertz CT molecular complexity index is 1420. The van der Waals surface area contributed by atoms with Crippen LogP contribution in [-0.2, 0) is 14.8 Å². The van der Waals surface area contributed by atoms with Crippen molar-refractivity contribution in [2.45, 2.75) is 17.4 Å². The van der Waals surface area contributed by atoms with Gasteiger partial charge in [0.25, 0.3) is 27.7 Å². The Morgan fingerprint density at radius 3 is 2.19 bits per heavy atom. The van der Waals surface area contributed by atoms with Crippen molar-refractivity contribution in [1.82, 2.24) is 14.7 Å². The molecule has 4 rings (SSSR count). The zero-order valence-electron chi connectivity index (χ0n) is 19.5. The molecule has 0 spiro atoms. The van der Waals surface area contributed by atoms with Gasteiger partial charge in [0.15, 0.2) is 0 Å². The van der Waals surface area contributed by atoms with E-state index in [2.05, 4.69) is 0 Å². The maximum Gasteiger partial charge on any atom is 0.264 e. The van der Waals surface area contributed by atoms with Crippen LogP contribution in [-0.4, -0.2) is 60.9 Å². The second-order valence-electron chi connectivity index (χ2n) is 8.19. The molecule has 12 heteroatoms. The summed E-state index contributed by atoms with van der Waals surface area (Å²) in [5.74, 6) is -1.26. The summed E-state index contributed by atoms with van der Waals surface area (Å²) in [5.41, 5.74) is 0.493. The summed E-state index contributed by atoms with van der Waals surface area (Å²) in [7, 11) is -3.13. The maximum absolute atomic E-state index is 12.8. The molecule has 37 heavy (non-hydrogen) atoms. The van der Waals surface area contributed by atoms with Crippen LogP contribution in [0.25, 0.3) is 0 Å². The average molecular weight is 544 g/mol. The van der Waals surface area contributed by atoms with E-state index < -0.39 is 33.8 Å². The maximum atomic E-state index is 12.8. The quantitative estimate of drug-likeness (QED) is 0.310. The zero-order valence-corrected chi connectivity index (χ0v) is 21.1. The minimum Gasteiger partial charge on any atom is -0.457 e. The number of halogens is 1. The van der Waals surface area contributed by atoms with Crippen molar-refractivity contribution in [1.29, 1.82) is 0 Å². The van der Waals surface area contributed by atoms with E-state index in [4.69, 9.17) is 16.3 Å². The zero-order chi connectivity index (χ0) is 26.7. The molecule has 3 amide bonds. The molecular formula is C25H22ClN3O7S. The molecule has 0 saturated heterocycles. The second kappa shape index (κ2) is 10.7. The number of amides is 3. The fourth-order valence-corrected chi connectivity index (χ4v) is 4.99. The van der Waals surface area contributed by atoms with Gasteiger partial charge in [0, 0.05) is 18.6 Å². The molecule has 0 saturated carbocycles. The number of hydroxylamine groups is 2. The summed E-state index contributed by atoms with van der Waals surface area (Å²) in [6.45, 7) is -0.203. The Hall–Kier alpha value is -3.77. The Balaban J connectivity index is 1.41. The molecule has 0 aliphatic carbocycles. The van der Waals surface area contributed by atoms with E-state index in [1.165, 1.54) is 43.4 Å². The van der Waals surface area contributed by atoms with E-state index in [9.17, 15) is 28.0 Å². The standard InChI is InChI=1S/C25H22ClN3O7S/c1-28(33)22(13-14-29-24(31)20-7-2-3-8-21(20)25(29)32)23(30)27-37(34,35)19-11-9-17(10-12-19)36-18-6-4-5-16(26)15-18/h2-12,15,22,33H,13-14H2,1H3,(H,27,30). The molecular weight excluding hydrogens is 522 g/mol. The van der Waals surface area contributed by atoms with Gasteiger partial charge in [-0.05, 0) is 61.0 Å². The summed E-state index contributed by atoms with van der Waals surface area (Å²) in [5, 5.41) is 11.0. The van der Waals surface area contributed by atoms with E-state index in [0.29, 0.717) is 21.6 Å². The molecule has 1 aliphatic heterocycles. The van der Waals surface area contributed by atoms with Gasteiger partial charge in [-0.3, -0.25) is 19.3 Å². The van der Waals surface area contributed by atoms with E-state index in [1.54, 1.807) is 36.4 Å². The number of carbonyl (C=O) groups is 3. The summed E-state index contributed by atoms with van der Waals surface area (Å²) in [6.07, 6.45) is -0.202. The molecule has 0 aromatic heterocycles. The van der Waals surface area contributed by atoms with E-state index in [-0.39, 0.29) is 29.0 Å². The van der Waals surface area contributed by atoms with Gasteiger partial charge in [0.05, 0.1) is 16.0 Å². The topological polar surface area (TPSA) is 133 Å². The number of benzene rings is 3. The van der Waals surface area contributed by atoms with Gasteiger partial charge in [-0.2, -0.15) is 5.06 Å². The molecule has 0 bridgehead atoms. The van der Waals surface area contributed by atoms with Crippen LogP contribution in [0.3, 0.4) is 0 Å². The average Bonchev–Trinajstić information content (AvgIpc) is 3.09. The molecule has 1 unspecified atom stereocenters. The Morgan fingerprint density at radius 2 is 1.62 bits per heavy atom. The lowest BCUT2D eigenvalue weighted by Crippen LogP contribution is -2.47. The van der Waals surface area contributed by atoms with Crippen LogP contribution in [0.2, 0.25) is 5.02 Å². The highest BCUT2D eigenvalue weighted by Gasteiger charge is 2.36. The number of ether oxygens (including phenoxy) is 1. The summed E-state index contributed by atoms with van der Waals surface area (Å²) >= 11 is 5.93. The van der Waals surface area contributed by atoms with Crippen molar-refractivity contribution in [2.75, 3.05) is 13.6 Å². The van der Waals surface area contributed by atoms with Crippen molar-refractivity contribution in [3.8, 4) is 11.5 Å². The molecule has 1 aliphatic rings. The Morgan fingerprint density at radius 1 is 1.00 bits per heavy atom. The lowest BCUT2D eigenvalue weighted by atomic mass is 10.1. The largest absolute Gasteiger partial charge is 0.457 e. The van der Waals surface area contributed by atoms with Gasteiger partial charge in [0.1, 0.15) is 17.5 Å². The first-order chi connectivity index (χ1) is 17.6. The molecule has 3 aromatic rings. The lowest BCUT2D eigenvalue weighted by Gasteiger charge is -2.23. The number of nitrogens with one attached hydrogen (secondary N) is 1. The van der Waals surface area contributed by atoms with Crippen LogP contribution >= 0.6 is 11.6 Å². The first kappa shape index (κ1) is 26.3. The van der Waals surface area contributed by atoms with Gasteiger partial charge < -0.3 is 9.94 Å². The first-order valence-corrected chi connectivity index (χ1v) is 12.9. The van der Waals surface area contributed by atoms with Crippen molar-refractivity contribution in [3.05, 3.63) is 88.9 Å². The monoisotopic (exact) mass is 543 g/mol. The summed E-state index contributed by atoms with van der Waals surface area (Å²) in [4.78, 5) is 38.6. The first-order valence-electron chi connectivity index (χ1n) is 11.0.